The van der Waals surface area contributed by atoms with Gasteiger partial charge < -0.3 is 16.0 Å². The minimum Gasteiger partial charge on any atom is -0.381 e. The Morgan fingerprint density at radius 2 is 1.91 bits per heavy atom. The first-order valence-electron chi connectivity index (χ1n) is 10.6. The van der Waals surface area contributed by atoms with Gasteiger partial charge in [0.15, 0.2) is 11.6 Å². The number of hydrogen-bond acceptors (Lipinski definition) is 7. The van der Waals surface area contributed by atoms with Crippen LogP contribution in [0.2, 0.25) is 5.02 Å². The molecule has 0 bridgehead atoms. The molecule has 3 aromatic heterocycles. The van der Waals surface area contributed by atoms with Crippen molar-refractivity contribution in [2.75, 3.05) is 31.2 Å². The molecule has 3 N–H and O–H groups in total. The summed E-state index contributed by atoms with van der Waals surface area (Å²) in [7, 11) is 4.01. The van der Waals surface area contributed by atoms with Crippen molar-refractivity contribution in [1.82, 2.24) is 29.6 Å². The number of fused-ring (bicyclic) bond motifs is 1. The van der Waals surface area contributed by atoms with Crippen LogP contribution in [0.4, 0.5) is 11.6 Å². The van der Waals surface area contributed by atoms with Crippen LogP contribution in [-0.4, -0.2) is 55.8 Å². The van der Waals surface area contributed by atoms with Crippen molar-refractivity contribution < 1.29 is 0 Å². The maximum atomic E-state index is 6.58. The molecule has 0 radical (unpaired) electrons. The van der Waals surface area contributed by atoms with E-state index in [-0.39, 0.29) is 0 Å². The molecular formula is C23H25ClN8. The SMILES string of the molecule is CN1CCC(Nc2nc(-c3cc(Cl)c4ncccc4c3)c(-c3ccn(C)n3)nc2N)CC1. The Bertz CT molecular complexity index is 1280. The summed E-state index contributed by atoms with van der Waals surface area (Å²) in [6.07, 6.45) is 5.67. The zero-order chi connectivity index (χ0) is 22.2. The third-order valence-electron chi connectivity index (χ3n) is 5.87. The average Bonchev–Trinajstić information content (AvgIpc) is 3.22. The maximum absolute atomic E-state index is 6.58. The highest BCUT2D eigenvalue weighted by atomic mass is 35.5. The second-order valence-electron chi connectivity index (χ2n) is 8.28. The topological polar surface area (TPSA) is 97.8 Å². The number of anilines is 2. The molecule has 1 aliphatic heterocycles. The molecule has 0 aliphatic carbocycles. The lowest BCUT2D eigenvalue weighted by molar-refractivity contribution is 0.263. The standard InChI is InChI=1S/C23H25ClN8/c1-31-9-5-16(6-10-31)27-23-22(25)28-21(18-7-11-32(2)30-18)20(29-23)15-12-14-4-3-8-26-19(14)17(24)13-15/h3-4,7-8,11-13,16H,5-6,9-10H2,1-2H3,(H2,25,28)(H,27,29). The van der Waals surface area contributed by atoms with Gasteiger partial charge in [-0.15, -0.1) is 0 Å². The van der Waals surface area contributed by atoms with E-state index >= 15 is 0 Å². The van der Waals surface area contributed by atoms with Crippen LogP contribution in [0.15, 0.2) is 42.7 Å². The predicted octanol–water partition coefficient (Wildman–Crippen LogP) is 3.83. The lowest BCUT2D eigenvalue weighted by atomic mass is 10.0. The van der Waals surface area contributed by atoms with Gasteiger partial charge in [-0.2, -0.15) is 5.10 Å². The molecule has 0 unspecified atom stereocenters. The van der Waals surface area contributed by atoms with Gasteiger partial charge in [0.2, 0.25) is 0 Å². The van der Waals surface area contributed by atoms with Crippen molar-refractivity contribution in [3.63, 3.8) is 0 Å². The largest absolute Gasteiger partial charge is 0.381 e. The Labute approximate surface area is 191 Å². The first-order chi connectivity index (χ1) is 15.5. The lowest BCUT2D eigenvalue weighted by Gasteiger charge is -2.30. The number of aryl methyl sites for hydroxylation is 1. The Morgan fingerprint density at radius 1 is 1.09 bits per heavy atom. The molecule has 0 saturated carbocycles. The van der Waals surface area contributed by atoms with Gasteiger partial charge in [-0.3, -0.25) is 9.67 Å². The molecule has 0 spiro atoms. The number of hydrogen-bond donors (Lipinski definition) is 2. The first-order valence-corrected chi connectivity index (χ1v) is 11.0. The Kier molecular flexibility index (Phi) is 5.40. The molecule has 5 rings (SSSR count). The number of nitrogens with zero attached hydrogens (tertiary/aromatic N) is 6. The van der Waals surface area contributed by atoms with Gasteiger partial charge in [0, 0.05) is 36.4 Å². The Morgan fingerprint density at radius 3 is 2.66 bits per heavy atom. The molecule has 1 aliphatic rings. The molecule has 1 saturated heterocycles. The van der Waals surface area contributed by atoms with Crippen LogP contribution in [-0.2, 0) is 7.05 Å². The summed E-state index contributed by atoms with van der Waals surface area (Å²) in [5.41, 5.74) is 9.96. The number of nitrogens with one attached hydrogen (secondary N) is 1. The number of nitrogen functional groups attached to an aromatic ring is 1. The smallest absolute Gasteiger partial charge is 0.169 e. The number of rotatable bonds is 4. The number of likely N-dealkylation sites (tertiary alicyclic amines) is 1. The molecule has 4 aromatic rings. The Balaban J connectivity index is 1.63. The van der Waals surface area contributed by atoms with Crippen molar-refractivity contribution in [1.29, 1.82) is 0 Å². The van der Waals surface area contributed by atoms with Crippen molar-refractivity contribution >= 4 is 34.1 Å². The van der Waals surface area contributed by atoms with E-state index in [0.29, 0.717) is 39.8 Å². The van der Waals surface area contributed by atoms with Crippen LogP contribution in [0.3, 0.4) is 0 Å². The Hall–Kier alpha value is -3.23. The lowest BCUT2D eigenvalue weighted by Crippen LogP contribution is -2.37. The van der Waals surface area contributed by atoms with Gasteiger partial charge in [0.05, 0.1) is 10.5 Å². The molecule has 8 nitrogen and oxygen atoms in total. The zero-order valence-corrected chi connectivity index (χ0v) is 18.8. The van der Waals surface area contributed by atoms with E-state index in [4.69, 9.17) is 27.3 Å². The highest BCUT2D eigenvalue weighted by Gasteiger charge is 2.22. The van der Waals surface area contributed by atoms with E-state index in [2.05, 4.69) is 27.3 Å². The zero-order valence-electron chi connectivity index (χ0n) is 18.1. The molecule has 0 amide bonds. The second kappa shape index (κ2) is 8.37. The van der Waals surface area contributed by atoms with Gasteiger partial charge in [0.1, 0.15) is 17.1 Å². The number of aromatic nitrogens is 5. The monoisotopic (exact) mass is 448 g/mol. The summed E-state index contributed by atoms with van der Waals surface area (Å²) in [5, 5.41) is 9.55. The molecule has 1 fully saturated rings. The van der Waals surface area contributed by atoms with Crippen LogP contribution >= 0.6 is 11.6 Å². The summed E-state index contributed by atoms with van der Waals surface area (Å²) in [6.45, 7) is 2.08. The third-order valence-corrected chi connectivity index (χ3v) is 6.16. The highest BCUT2D eigenvalue weighted by molar-refractivity contribution is 6.35. The minimum absolute atomic E-state index is 0.306. The third kappa shape index (κ3) is 3.99. The second-order valence-corrected chi connectivity index (χ2v) is 8.69. The number of piperidine rings is 1. The van der Waals surface area contributed by atoms with E-state index < -0.39 is 0 Å². The van der Waals surface area contributed by atoms with Crippen molar-refractivity contribution in [2.45, 2.75) is 18.9 Å². The number of halogens is 1. The van der Waals surface area contributed by atoms with E-state index in [1.54, 1.807) is 10.9 Å². The van der Waals surface area contributed by atoms with Gasteiger partial charge >= 0.3 is 0 Å². The fourth-order valence-corrected chi connectivity index (χ4v) is 4.38. The van der Waals surface area contributed by atoms with Crippen LogP contribution in [0.1, 0.15) is 12.8 Å². The van der Waals surface area contributed by atoms with Crippen LogP contribution in [0.25, 0.3) is 33.5 Å². The molecule has 4 heterocycles. The van der Waals surface area contributed by atoms with E-state index in [0.717, 1.165) is 42.4 Å². The average molecular weight is 449 g/mol. The molecule has 0 atom stereocenters. The quantitative estimate of drug-likeness (QED) is 0.489. The van der Waals surface area contributed by atoms with Crippen LogP contribution < -0.4 is 11.1 Å². The minimum atomic E-state index is 0.306. The molecule has 32 heavy (non-hydrogen) atoms. The van der Waals surface area contributed by atoms with E-state index in [1.807, 2.05) is 43.6 Å². The number of benzene rings is 1. The number of pyridine rings is 1. The molecular weight excluding hydrogens is 424 g/mol. The molecule has 164 valence electrons. The summed E-state index contributed by atoms with van der Waals surface area (Å²) >= 11 is 6.58. The van der Waals surface area contributed by atoms with Gasteiger partial charge in [-0.05, 0) is 57.2 Å². The fraction of sp³-hybridized carbons (Fsp3) is 0.304. The van der Waals surface area contributed by atoms with E-state index in [1.165, 1.54) is 0 Å². The van der Waals surface area contributed by atoms with Gasteiger partial charge in [0.25, 0.3) is 0 Å². The fourth-order valence-electron chi connectivity index (χ4n) is 4.11. The normalized spacial score (nSPS) is 15.3. The van der Waals surface area contributed by atoms with Crippen LogP contribution in [0, 0.1) is 0 Å². The summed E-state index contributed by atoms with van der Waals surface area (Å²) in [5.74, 6) is 0.957. The predicted molar refractivity (Wildman–Crippen MR) is 129 cm³/mol. The van der Waals surface area contributed by atoms with E-state index in [9.17, 15) is 0 Å². The summed E-state index contributed by atoms with van der Waals surface area (Å²) in [4.78, 5) is 16.4. The first kappa shape index (κ1) is 20.7. The summed E-state index contributed by atoms with van der Waals surface area (Å²) < 4.78 is 1.74. The van der Waals surface area contributed by atoms with Crippen molar-refractivity contribution in [3.8, 4) is 22.6 Å². The van der Waals surface area contributed by atoms with Crippen LogP contribution in [0.5, 0.6) is 0 Å². The van der Waals surface area contributed by atoms with Crippen molar-refractivity contribution in [2.24, 2.45) is 7.05 Å². The molecule has 1 aromatic carbocycles. The van der Waals surface area contributed by atoms with Gasteiger partial charge in [-0.1, -0.05) is 17.7 Å². The maximum Gasteiger partial charge on any atom is 0.169 e. The molecule has 9 heteroatoms. The summed E-state index contributed by atoms with van der Waals surface area (Å²) in [6, 6.07) is 10.00. The van der Waals surface area contributed by atoms with Crippen molar-refractivity contribution in [3.05, 3.63) is 47.7 Å². The number of nitrogens with two attached hydrogens (primary N) is 1. The van der Waals surface area contributed by atoms with Gasteiger partial charge in [-0.25, -0.2) is 9.97 Å². The highest BCUT2D eigenvalue weighted by Crippen LogP contribution is 2.35.